The van der Waals surface area contributed by atoms with Crippen molar-refractivity contribution in [1.82, 2.24) is 10.2 Å². The minimum absolute atomic E-state index is 0.00687. The lowest BCUT2D eigenvalue weighted by Gasteiger charge is -2.38. The van der Waals surface area contributed by atoms with Gasteiger partial charge in [-0.25, -0.2) is 0 Å². The Morgan fingerprint density at radius 1 is 1.19 bits per heavy atom. The van der Waals surface area contributed by atoms with E-state index in [-0.39, 0.29) is 24.0 Å². The molecule has 2 fully saturated rings. The summed E-state index contributed by atoms with van der Waals surface area (Å²) in [5.74, 6) is -0.125. The summed E-state index contributed by atoms with van der Waals surface area (Å²) < 4.78 is 11.6. The molecule has 0 radical (unpaired) electrons. The van der Waals surface area contributed by atoms with Crippen LogP contribution in [0.4, 0.5) is 0 Å². The van der Waals surface area contributed by atoms with Gasteiger partial charge in [0.2, 0.25) is 0 Å². The highest BCUT2D eigenvalue weighted by Crippen LogP contribution is 2.38. The van der Waals surface area contributed by atoms with E-state index in [2.05, 4.69) is 10.2 Å². The maximum absolute atomic E-state index is 10.7. The molecule has 0 unspecified atom stereocenters. The summed E-state index contributed by atoms with van der Waals surface area (Å²) in [6.07, 6.45) is 0.459. The summed E-state index contributed by atoms with van der Waals surface area (Å²) in [5, 5.41) is 38.5. The molecule has 1 aromatic heterocycles. The van der Waals surface area contributed by atoms with Crippen LogP contribution in [0.5, 0.6) is 0 Å². The van der Waals surface area contributed by atoms with Gasteiger partial charge >= 0.3 is 0 Å². The number of rotatable bonds is 8. The van der Waals surface area contributed by atoms with Gasteiger partial charge in [-0.05, 0) is 38.8 Å². The molecule has 0 bridgehead atoms. The Morgan fingerprint density at radius 3 is 2.66 bits per heavy atom. The Morgan fingerprint density at radius 2 is 1.94 bits per heavy atom. The SMILES string of the molecule is C/C(=C\c1cc(-c2ccccc2)n[nH]1)C[C@@H]1OC[C@H](C[C@@H]2O[C@H]2[C@@H](C)[C@H](C)O)[C@@H](O)[C@H]1O. The van der Waals surface area contributed by atoms with E-state index in [0.29, 0.717) is 19.4 Å². The fourth-order valence-corrected chi connectivity index (χ4v) is 4.52. The summed E-state index contributed by atoms with van der Waals surface area (Å²) in [6, 6.07) is 12.0. The van der Waals surface area contributed by atoms with E-state index < -0.39 is 24.4 Å². The monoisotopic (exact) mass is 442 g/mol. The zero-order chi connectivity index (χ0) is 22.8. The second kappa shape index (κ2) is 9.85. The Balaban J connectivity index is 1.30. The molecule has 0 aliphatic carbocycles. The van der Waals surface area contributed by atoms with Crippen LogP contribution in [0.3, 0.4) is 0 Å². The van der Waals surface area contributed by atoms with Crippen LogP contribution in [0.1, 0.15) is 39.3 Å². The predicted octanol–water partition coefficient (Wildman–Crippen LogP) is 2.78. The third-order valence-electron chi connectivity index (χ3n) is 6.77. The van der Waals surface area contributed by atoms with Gasteiger partial charge in [0.1, 0.15) is 6.10 Å². The normalized spacial score (nSPS) is 32.5. The number of epoxide rings is 1. The molecule has 2 aliphatic heterocycles. The minimum atomic E-state index is -0.954. The number of aliphatic hydroxyl groups excluding tert-OH is 3. The van der Waals surface area contributed by atoms with Gasteiger partial charge in [-0.2, -0.15) is 5.10 Å². The number of H-pyrrole nitrogens is 1. The lowest BCUT2D eigenvalue weighted by Crippen LogP contribution is -2.50. The summed E-state index contributed by atoms with van der Waals surface area (Å²) in [5.41, 5.74) is 3.84. The van der Waals surface area contributed by atoms with Gasteiger partial charge in [0.25, 0.3) is 0 Å². The third kappa shape index (κ3) is 5.30. The molecule has 4 N–H and O–H groups in total. The van der Waals surface area contributed by atoms with Gasteiger partial charge in [0, 0.05) is 17.4 Å². The van der Waals surface area contributed by atoms with Crippen LogP contribution in [0.25, 0.3) is 17.3 Å². The highest BCUT2D eigenvalue weighted by atomic mass is 16.6. The van der Waals surface area contributed by atoms with Crippen molar-refractivity contribution < 1.29 is 24.8 Å². The van der Waals surface area contributed by atoms with Crippen molar-refractivity contribution in [3.8, 4) is 11.3 Å². The maximum atomic E-state index is 10.7. The average molecular weight is 443 g/mol. The van der Waals surface area contributed by atoms with Crippen molar-refractivity contribution in [2.45, 2.75) is 70.2 Å². The van der Waals surface area contributed by atoms with Crippen molar-refractivity contribution in [1.29, 1.82) is 0 Å². The number of benzene rings is 1. The first kappa shape index (κ1) is 23.1. The van der Waals surface area contributed by atoms with Crippen molar-refractivity contribution in [3.05, 3.63) is 47.7 Å². The zero-order valence-corrected chi connectivity index (χ0v) is 18.9. The van der Waals surface area contributed by atoms with Crippen LogP contribution in [0.2, 0.25) is 0 Å². The molecule has 0 spiro atoms. The predicted molar refractivity (Wildman–Crippen MR) is 122 cm³/mol. The largest absolute Gasteiger partial charge is 0.393 e. The molecule has 7 nitrogen and oxygen atoms in total. The van der Waals surface area contributed by atoms with Gasteiger partial charge in [0.05, 0.1) is 48.5 Å². The summed E-state index contributed by atoms with van der Waals surface area (Å²) in [4.78, 5) is 0. The molecule has 3 heterocycles. The molecular formula is C25H34N2O5. The molecule has 0 saturated carbocycles. The molecule has 1 aromatic carbocycles. The van der Waals surface area contributed by atoms with E-state index in [0.717, 1.165) is 22.5 Å². The quantitative estimate of drug-likeness (QED) is 0.468. The molecule has 8 atom stereocenters. The minimum Gasteiger partial charge on any atom is -0.393 e. The molecule has 7 heteroatoms. The molecule has 174 valence electrons. The molecule has 2 aliphatic rings. The number of aromatic amines is 1. The van der Waals surface area contributed by atoms with Crippen LogP contribution in [0, 0.1) is 11.8 Å². The molecule has 4 rings (SSSR count). The standard InChI is InChI=1S/C25H34N2O5/c1-14(9-19-12-20(27-26-19)17-7-5-4-6-8-17)10-21-24(30)23(29)18(13-31-21)11-22-25(32-22)15(2)16(3)28/h4-9,12,15-16,18,21-25,28-30H,10-11,13H2,1-3H3,(H,26,27)/b14-9+/t15-,16-,18-,21-,22-,23+,24-,25-/m0/s1. The summed E-state index contributed by atoms with van der Waals surface area (Å²) in [7, 11) is 0. The van der Waals surface area contributed by atoms with E-state index in [1.54, 1.807) is 6.92 Å². The van der Waals surface area contributed by atoms with Crippen molar-refractivity contribution in [2.24, 2.45) is 11.8 Å². The van der Waals surface area contributed by atoms with Crippen molar-refractivity contribution in [2.75, 3.05) is 6.61 Å². The Hall–Kier alpha value is -2.03. The van der Waals surface area contributed by atoms with Gasteiger partial charge in [-0.1, -0.05) is 42.8 Å². The Labute approximate surface area is 189 Å². The van der Waals surface area contributed by atoms with E-state index in [4.69, 9.17) is 9.47 Å². The van der Waals surface area contributed by atoms with Crippen LogP contribution >= 0.6 is 0 Å². The highest BCUT2D eigenvalue weighted by molar-refractivity contribution is 5.62. The molecule has 2 aromatic rings. The summed E-state index contributed by atoms with van der Waals surface area (Å²) >= 11 is 0. The number of nitrogens with one attached hydrogen (secondary N) is 1. The van der Waals surface area contributed by atoms with E-state index in [9.17, 15) is 15.3 Å². The van der Waals surface area contributed by atoms with Crippen LogP contribution < -0.4 is 0 Å². The van der Waals surface area contributed by atoms with Crippen LogP contribution in [0.15, 0.2) is 42.0 Å². The average Bonchev–Trinajstić information content (AvgIpc) is 3.39. The van der Waals surface area contributed by atoms with Crippen LogP contribution in [-0.4, -0.2) is 68.7 Å². The fraction of sp³-hybridized carbons (Fsp3) is 0.560. The van der Waals surface area contributed by atoms with Crippen molar-refractivity contribution in [3.63, 3.8) is 0 Å². The number of hydrogen-bond donors (Lipinski definition) is 4. The van der Waals surface area contributed by atoms with E-state index >= 15 is 0 Å². The number of aromatic nitrogens is 2. The zero-order valence-electron chi connectivity index (χ0n) is 18.9. The topological polar surface area (TPSA) is 111 Å². The third-order valence-corrected chi connectivity index (χ3v) is 6.77. The van der Waals surface area contributed by atoms with Gasteiger partial charge < -0.3 is 24.8 Å². The highest BCUT2D eigenvalue weighted by Gasteiger charge is 2.48. The van der Waals surface area contributed by atoms with E-state index in [1.165, 1.54) is 0 Å². The van der Waals surface area contributed by atoms with Gasteiger partial charge in [0.15, 0.2) is 0 Å². The molecule has 0 amide bonds. The Bertz CT molecular complexity index is 912. The second-order valence-electron chi connectivity index (χ2n) is 9.36. The van der Waals surface area contributed by atoms with Gasteiger partial charge in [-0.3, -0.25) is 5.10 Å². The van der Waals surface area contributed by atoms with Crippen molar-refractivity contribution >= 4 is 6.08 Å². The summed E-state index contributed by atoms with van der Waals surface area (Å²) in [6.45, 7) is 6.09. The fourth-order valence-electron chi connectivity index (χ4n) is 4.52. The van der Waals surface area contributed by atoms with Gasteiger partial charge in [-0.15, -0.1) is 0 Å². The first-order chi connectivity index (χ1) is 15.3. The lowest BCUT2D eigenvalue weighted by molar-refractivity contribution is -0.165. The first-order valence-corrected chi connectivity index (χ1v) is 11.4. The smallest absolute Gasteiger partial charge is 0.107 e. The lowest BCUT2D eigenvalue weighted by atomic mass is 9.85. The second-order valence-corrected chi connectivity index (χ2v) is 9.36. The maximum Gasteiger partial charge on any atom is 0.107 e. The van der Waals surface area contributed by atoms with E-state index in [1.807, 2.05) is 56.3 Å². The van der Waals surface area contributed by atoms with Crippen LogP contribution in [-0.2, 0) is 9.47 Å². The molecule has 2 saturated heterocycles. The Kier molecular flexibility index (Phi) is 7.12. The number of ether oxygens (including phenoxy) is 2. The number of aliphatic hydroxyl groups is 3. The molecular weight excluding hydrogens is 408 g/mol. The number of nitrogens with zero attached hydrogens (tertiary/aromatic N) is 1. The molecule has 32 heavy (non-hydrogen) atoms. The number of hydrogen-bond acceptors (Lipinski definition) is 6. The first-order valence-electron chi connectivity index (χ1n) is 11.4.